The fourth-order valence-electron chi connectivity index (χ4n) is 1.23. The van der Waals surface area contributed by atoms with Crippen molar-refractivity contribution in [3.05, 3.63) is 18.0 Å². The average Bonchev–Trinajstić information content (AvgIpc) is 2.53. The van der Waals surface area contributed by atoms with Gasteiger partial charge < -0.3 is 14.2 Å². The first-order chi connectivity index (χ1) is 6.31. The number of carbonyl (C=O) groups excluding carboxylic acids is 1. The summed E-state index contributed by atoms with van der Waals surface area (Å²) in [6, 6.07) is 1.56. The van der Waals surface area contributed by atoms with Crippen LogP contribution < -0.4 is 0 Å². The van der Waals surface area contributed by atoms with Crippen LogP contribution in [0.2, 0.25) is 0 Å². The predicted octanol–water partition coefficient (Wildman–Crippen LogP) is 0.145. The minimum Gasteiger partial charge on any atom is -0.378 e. The molecule has 0 spiro atoms. The van der Waals surface area contributed by atoms with Gasteiger partial charge in [-0.2, -0.15) is 0 Å². The zero-order valence-electron chi connectivity index (χ0n) is 7.27. The molecule has 70 valence electrons. The highest BCUT2D eigenvalue weighted by atomic mass is 16.5. The number of methoxy groups -OCH3 is 1. The van der Waals surface area contributed by atoms with E-state index in [0.29, 0.717) is 13.1 Å². The van der Waals surface area contributed by atoms with Gasteiger partial charge in [0.05, 0.1) is 12.3 Å². The van der Waals surface area contributed by atoms with Crippen LogP contribution in [0.3, 0.4) is 0 Å². The molecule has 2 rings (SSSR count). The fraction of sp³-hybridized carbons (Fsp3) is 0.500. The Morgan fingerprint density at radius 1 is 1.77 bits per heavy atom. The SMILES string of the molecule is COC1CN(C(=O)c2ccno2)C1. The maximum atomic E-state index is 11.5. The lowest BCUT2D eigenvalue weighted by Gasteiger charge is -2.37. The summed E-state index contributed by atoms with van der Waals surface area (Å²) in [5.41, 5.74) is 0. The third-order valence-electron chi connectivity index (χ3n) is 2.12. The number of rotatable bonds is 2. The molecule has 0 bridgehead atoms. The number of hydrogen-bond donors (Lipinski definition) is 0. The molecule has 13 heavy (non-hydrogen) atoms. The number of aromatic nitrogens is 1. The molecule has 0 radical (unpaired) electrons. The number of hydrogen-bond acceptors (Lipinski definition) is 4. The molecule has 1 aromatic heterocycles. The van der Waals surface area contributed by atoms with Crippen molar-refractivity contribution >= 4 is 5.91 Å². The van der Waals surface area contributed by atoms with Gasteiger partial charge in [0, 0.05) is 26.3 Å². The second-order valence-electron chi connectivity index (χ2n) is 2.94. The van der Waals surface area contributed by atoms with Crippen molar-refractivity contribution in [1.82, 2.24) is 10.1 Å². The standard InChI is InChI=1S/C8H10N2O3/c1-12-6-4-10(5-6)8(11)7-2-3-9-13-7/h2-3,6H,4-5H2,1H3. The summed E-state index contributed by atoms with van der Waals surface area (Å²) >= 11 is 0. The van der Waals surface area contributed by atoms with Crippen molar-refractivity contribution in [1.29, 1.82) is 0 Å². The van der Waals surface area contributed by atoms with Crippen molar-refractivity contribution in [3.63, 3.8) is 0 Å². The largest absolute Gasteiger partial charge is 0.378 e. The van der Waals surface area contributed by atoms with E-state index in [0.717, 1.165) is 0 Å². The van der Waals surface area contributed by atoms with E-state index in [4.69, 9.17) is 9.26 Å². The van der Waals surface area contributed by atoms with E-state index in [2.05, 4.69) is 5.16 Å². The molecule has 1 saturated heterocycles. The van der Waals surface area contributed by atoms with Crippen LogP contribution in [-0.4, -0.2) is 42.3 Å². The molecule has 0 N–H and O–H groups in total. The Morgan fingerprint density at radius 3 is 3.08 bits per heavy atom. The summed E-state index contributed by atoms with van der Waals surface area (Å²) in [5.74, 6) is 0.167. The summed E-state index contributed by atoms with van der Waals surface area (Å²) in [6.07, 6.45) is 1.63. The molecule has 1 aliphatic heterocycles. The topological polar surface area (TPSA) is 55.6 Å². The van der Waals surface area contributed by atoms with Crippen molar-refractivity contribution in [2.75, 3.05) is 20.2 Å². The minimum absolute atomic E-state index is 0.120. The summed E-state index contributed by atoms with van der Waals surface area (Å²) in [4.78, 5) is 13.1. The monoisotopic (exact) mass is 182 g/mol. The molecule has 0 atom stereocenters. The maximum Gasteiger partial charge on any atom is 0.292 e. The molecule has 0 unspecified atom stereocenters. The Labute approximate surface area is 75.3 Å². The number of nitrogens with zero attached hydrogens (tertiary/aromatic N) is 2. The highest BCUT2D eigenvalue weighted by Gasteiger charge is 2.32. The van der Waals surface area contributed by atoms with Crippen LogP contribution >= 0.6 is 0 Å². The third kappa shape index (κ3) is 1.42. The van der Waals surface area contributed by atoms with Gasteiger partial charge >= 0.3 is 0 Å². The van der Waals surface area contributed by atoms with Gasteiger partial charge in [-0.25, -0.2) is 0 Å². The summed E-state index contributed by atoms with van der Waals surface area (Å²) in [5, 5.41) is 3.47. The van der Waals surface area contributed by atoms with Gasteiger partial charge in [-0.3, -0.25) is 4.79 Å². The van der Waals surface area contributed by atoms with Gasteiger partial charge in [-0.1, -0.05) is 5.16 Å². The second-order valence-corrected chi connectivity index (χ2v) is 2.94. The Morgan fingerprint density at radius 2 is 2.54 bits per heavy atom. The van der Waals surface area contributed by atoms with Gasteiger partial charge in [0.15, 0.2) is 0 Å². The van der Waals surface area contributed by atoms with Crippen molar-refractivity contribution in [3.8, 4) is 0 Å². The third-order valence-corrected chi connectivity index (χ3v) is 2.12. The first-order valence-electron chi connectivity index (χ1n) is 4.04. The lowest BCUT2D eigenvalue weighted by molar-refractivity contribution is -0.0209. The van der Waals surface area contributed by atoms with Crippen molar-refractivity contribution in [2.45, 2.75) is 6.10 Å². The van der Waals surface area contributed by atoms with Crippen LogP contribution in [0, 0.1) is 0 Å². The first kappa shape index (κ1) is 8.25. The molecule has 0 saturated carbocycles. The average molecular weight is 182 g/mol. The zero-order valence-corrected chi connectivity index (χ0v) is 7.27. The van der Waals surface area contributed by atoms with E-state index < -0.39 is 0 Å². The van der Waals surface area contributed by atoms with Crippen LogP contribution in [0.1, 0.15) is 10.6 Å². The summed E-state index contributed by atoms with van der Waals surface area (Å²) < 4.78 is 9.78. The van der Waals surface area contributed by atoms with Crippen LogP contribution in [0.15, 0.2) is 16.8 Å². The molecule has 5 heteroatoms. The van der Waals surface area contributed by atoms with E-state index in [-0.39, 0.29) is 17.8 Å². The minimum atomic E-state index is -0.120. The molecule has 1 amide bonds. The lowest BCUT2D eigenvalue weighted by Crippen LogP contribution is -2.54. The molecular weight excluding hydrogens is 172 g/mol. The normalized spacial score (nSPS) is 17.2. The Hall–Kier alpha value is -1.36. The summed E-state index contributed by atoms with van der Waals surface area (Å²) in [6.45, 7) is 1.27. The molecule has 1 fully saturated rings. The van der Waals surface area contributed by atoms with Crippen LogP contribution in [0.25, 0.3) is 0 Å². The molecular formula is C8H10N2O3. The summed E-state index contributed by atoms with van der Waals surface area (Å²) in [7, 11) is 1.64. The molecule has 5 nitrogen and oxygen atoms in total. The highest BCUT2D eigenvalue weighted by molar-refractivity contribution is 5.91. The van der Waals surface area contributed by atoms with Crippen molar-refractivity contribution < 1.29 is 14.1 Å². The maximum absolute atomic E-state index is 11.5. The molecule has 2 heterocycles. The molecule has 0 aromatic carbocycles. The molecule has 1 aromatic rings. The van der Waals surface area contributed by atoms with Crippen molar-refractivity contribution in [2.24, 2.45) is 0 Å². The molecule has 0 aliphatic carbocycles. The number of ether oxygens (including phenoxy) is 1. The van der Waals surface area contributed by atoms with Crippen LogP contribution in [0.4, 0.5) is 0 Å². The predicted molar refractivity (Wildman–Crippen MR) is 43.2 cm³/mol. The van der Waals surface area contributed by atoms with Crippen LogP contribution in [-0.2, 0) is 4.74 Å². The Balaban J connectivity index is 1.94. The molecule has 1 aliphatic rings. The van der Waals surface area contributed by atoms with E-state index >= 15 is 0 Å². The fourth-order valence-corrected chi connectivity index (χ4v) is 1.23. The number of carbonyl (C=O) groups is 1. The van der Waals surface area contributed by atoms with Gasteiger partial charge in [0.25, 0.3) is 5.91 Å². The first-order valence-corrected chi connectivity index (χ1v) is 4.04. The van der Waals surface area contributed by atoms with E-state index in [1.807, 2.05) is 0 Å². The van der Waals surface area contributed by atoms with Gasteiger partial charge in [0.2, 0.25) is 5.76 Å². The quantitative estimate of drug-likeness (QED) is 0.653. The smallest absolute Gasteiger partial charge is 0.292 e. The lowest BCUT2D eigenvalue weighted by atomic mass is 10.1. The number of amides is 1. The van der Waals surface area contributed by atoms with E-state index in [1.165, 1.54) is 6.20 Å². The van der Waals surface area contributed by atoms with Gasteiger partial charge in [-0.05, 0) is 0 Å². The Bertz CT molecular complexity index is 290. The van der Waals surface area contributed by atoms with E-state index in [9.17, 15) is 4.79 Å². The van der Waals surface area contributed by atoms with Gasteiger partial charge in [0.1, 0.15) is 0 Å². The van der Waals surface area contributed by atoms with Crippen LogP contribution in [0.5, 0.6) is 0 Å². The highest BCUT2D eigenvalue weighted by Crippen LogP contribution is 2.14. The zero-order chi connectivity index (χ0) is 9.26. The van der Waals surface area contributed by atoms with E-state index in [1.54, 1.807) is 18.1 Å². The van der Waals surface area contributed by atoms with Gasteiger partial charge in [-0.15, -0.1) is 0 Å². The number of likely N-dealkylation sites (tertiary alicyclic amines) is 1. The second kappa shape index (κ2) is 3.18. The Kier molecular flexibility index (Phi) is 2.02.